The molecule has 0 aliphatic carbocycles. The van der Waals surface area contributed by atoms with E-state index in [9.17, 15) is 13.2 Å². The molecule has 2 N–H and O–H groups in total. The van der Waals surface area contributed by atoms with E-state index in [4.69, 9.17) is 18.9 Å². The minimum absolute atomic E-state index is 0.0471. The molecular formula is C19H22N2O7S. The number of hydrogen-bond acceptors (Lipinski definition) is 7. The molecule has 0 saturated heterocycles. The van der Waals surface area contributed by atoms with E-state index in [0.717, 1.165) is 0 Å². The molecule has 1 amide bonds. The zero-order valence-electron chi connectivity index (χ0n) is 16.2. The van der Waals surface area contributed by atoms with Crippen molar-refractivity contribution >= 4 is 21.6 Å². The Labute approximate surface area is 169 Å². The van der Waals surface area contributed by atoms with Crippen LogP contribution >= 0.6 is 0 Å². The number of rotatable bonds is 7. The fourth-order valence-electron chi connectivity index (χ4n) is 2.71. The summed E-state index contributed by atoms with van der Waals surface area (Å²) in [6.45, 7) is 2.34. The lowest BCUT2D eigenvalue weighted by molar-refractivity contribution is -0.117. The van der Waals surface area contributed by atoms with E-state index >= 15 is 0 Å². The number of carbonyl (C=O) groups is 1. The normalized spacial score (nSPS) is 14.0. The Morgan fingerprint density at radius 2 is 1.69 bits per heavy atom. The average molecular weight is 422 g/mol. The molecule has 2 aromatic rings. The molecule has 0 saturated carbocycles. The van der Waals surface area contributed by atoms with Crippen molar-refractivity contribution in [3.8, 4) is 23.0 Å². The SMILES string of the molecule is COc1ccc(S(=O)(=O)N[C@@H](C)C(=O)Nc2ccc3c(c2)OCCO3)cc1OC. The summed E-state index contributed by atoms with van der Waals surface area (Å²) in [5, 5.41) is 2.66. The molecule has 3 rings (SSSR count). The van der Waals surface area contributed by atoms with Crippen LogP contribution in [0.1, 0.15) is 6.92 Å². The van der Waals surface area contributed by atoms with Gasteiger partial charge in [0.25, 0.3) is 0 Å². The first-order valence-electron chi connectivity index (χ1n) is 8.79. The monoisotopic (exact) mass is 422 g/mol. The highest BCUT2D eigenvalue weighted by Crippen LogP contribution is 2.33. The second kappa shape index (κ2) is 8.58. The number of carbonyl (C=O) groups excluding carboxylic acids is 1. The molecule has 1 aliphatic heterocycles. The maximum Gasteiger partial charge on any atom is 0.242 e. The summed E-state index contributed by atoms with van der Waals surface area (Å²) in [7, 11) is -1.10. The van der Waals surface area contributed by atoms with E-state index in [1.165, 1.54) is 39.3 Å². The number of benzene rings is 2. The molecule has 29 heavy (non-hydrogen) atoms. The van der Waals surface area contributed by atoms with Crippen LogP contribution in [-0.4, -0.2) is 47.8 Å². The molecule has 0 aromatic heterocycles. The molecule has 0 bridgehead atoms. The van der Waals surface area contributed by atoms with E-state index in [2.05, 4.69) is 10.0 Å². The Bertz CT molecular complexity index is 1010. The first-order chi connectivity index (χ1) is 13.8. The van der Waals surface area contributed by atoms with Gasteiger partial charge in [-0.2, -0.15) is 4.72 Å². The maximum atomic E-state index is 12.6. The van der Waals surface area contributed by atoms with Crippen molar-refractivity contribution in [2.45, 2.75) is 17.9 Å². The predicted molar refractivity (Wildman–Crippen MR) is 105 cm³/mol. The van der Waals surface area contributed by atoms with Crippen molar-refractivity contribution in [2.75, 3.05) is 32.8 Å². The van der Waals surface area contributed by atoms with Gasteiger partial charge in [0.1, 0.15) is 13.2 Å². The van der Waals surface area contributed by atoms with Crippen molar-refractivity contribution < 1.29 is 32.2 Å². The zero-order chi connectivity index (χ0) is 21.0. The van der Waals surface area contributed by atoms with Gasteiger partial charge in [-0.05, 0) is 31.2 Å². The maximum absolute atomic E-state index is 12.6. The summed E-state index contributed by atoms with van der Waals surface area (Å²) in [5.41, 5.74) is 0.469. The largest absolute Gasteiger partial charge is 0.493 e. The number of ether oxygens (including phenoxy) is 4. The molecule has 1 heterocycles. The Hall–Kier alpha value is -2.98. The van der Waals surface area contributed by atoms with Crippen molar-refractivity contribution in [3.63, 3.8) is 0 Å². The van der Waals surface area contributed by atoms with Gasteiger partial charge in [-0.15, -0.1) is 0 Å². The molecule has 0 radical (unpaired) electrons. The molecule has 1 aliphatic rings. The molecule has 1 atom stereocenters. The second-order valence-electron chi connectivity index (χ2n) is 6.21. The molecule has 0 unspecified atom stereocenters. The van der Waals surface area contributed by atoms with Crippen LogP contribution in [0.3, 0.4) is 0 Å². The third-order valence-electron chi connectivity index (χ3n) is 4.20. The lowest BCUT2D eigenvalue weighted by atomic mass is 10.2. The van der Waals surface area contributed by atoms with E-state index in [1.54, 1.807) is 18.2 Å². The molecule has 9 nitrogen and oxygen atoms in total. The Kier molecular flexibility index (Phi) is 6.14. The van der Waals surface area contributed by atoms with Crippen molar-refractivity contribution in [2.24, 2.45) is 0 Å². The molecule has 10 heteroatoms. The number of methoxy groups -OCH3 is 2. The van der Waals surface area contributed by atoms with Crippen LogP contribution in [0.5, 0.6) is 23.0 Å². The number of fused-ring (bicyclic) bond motifs is 1. The highest BCUT2D eigenvalue weighted by molar-refractivity contribution is 7.89. The van der Waals surface area contributed by atoms with Gasteiger partial charge in [-0.1, -0.05) is 0 Å². The number of hydrogen-bond donors (Lipinski definition) is 2. The van der Waals surface area contributed by atoms with Crippen LogP contribution in [-0.2, 0) is 14.8 Å². The van der Waals surface area contributed by atoms with Gasteiger partial charge in [0.2, 0.25) is 15.9 Å². The van der Waals surface area contributed by atoms with E-state index in [1.807, 2.05) is 0 Å². The summed E-state index contributed by atoms with van der Waals surface area (Å²) in [6.07, 6.45) is 0. The number of sulfonamides is 1. The number of nitrogens with one attached hydrogen (secondary N) is 2. The Balaban J connectivity index is 1.70. The minimum atomic E-state index is -3.96. The third-order valence-corrected chi connectivity index (χ3v) is 5.74. The van der Waals surface area contributed by atoms with Crippen molar-refractivity contribution in [3.05, 3.63) is 36.4 Å². The van der Waals surface area contributed by atoms with Crippen molar-refractivity contribution in [1.29, 1.82) is 0 Å². The van der Waals surface area contributed by atoms with E-state index in [-0.39, 0.29) is 10.6 Å². The smallest absolute Gasteiger partial charge is 0.242 e. The Morgan fingerprint density at radius 1 is 1.00 bits per heavy atom. The third kappa shape index (κ3) is 4.72. The highest BCUT2D eigenvalue weighted by atomic mass is 32.2. The lowest BCUT2D eigenvalue weighted by Gasteiger charge is -2.20. The topological polar surface area (TPSA) is 112 Å². The number of amides is 1. The fraction of sp³-hybridized carbons (Fsp3) is 0.316. The summed E-state index contributed by atoms with van der Waals surface area (Å²) >= 11 is 0. The van der Waals surface area contributed by atoms with Gasteiger partial charge in [-0.25, -0.2) is 8.42 Å². The first kappa shape index (κ1) is 20.7. The molecular weight excluding hydrogens is 400 g/mol. The second-order valence-corrected chi connectivity index (χ2v) is 7.92. The molecule has 0 spiro atoms. The number of anilines is 1. The summed E-state index contributed by atoms with van der Waals surface area (Å²) in [6, 6.07) is 8.11. The van der Waals surface area contributed by atoms with Gasteiger partial charge in [0.05, 0.1) is 25.2 Å². The van der Waals surface area contributed by atoms with Gasteiger partial charge < -0.3 is 24.3 Å². The summed E-state index contributed by atoms with van der Waals surface area (Å²) in [4.78, 5) is 12.4. The standard InChI is InChI=1S/C19H22N2O7S/c1-12(19(22)20-13-4-6-16-18(10-13)28-9-8-27-16)21-29(23,24)14-5-7-15(25-2)17(11-14)26-3/h4-7,10-12,21H,8-9H2,1-3H3,(H,20,22)/t12-/m0/s1. The molecule has 0 fully saturated rings. The molecule has 156 valence electrons. The first-order valence-corrected chi connectivity index (χ1v) is 10.3. The zero-order valence-corrected chi connectivity index (χ0v) is 17.0. The van der Waals surface area contributed by atoms with E-state index in [0.29, 0.717) is 36.1 Å². The molecule has 2 aromatic carbocycles. The fourth-order valence-corrected chi connectivity index (χ4v) is 3.93. The van der Waals surface area contributed by atoms with Crippen LogP contribution in [0.4, 0.5) is 5.69 Å². The van der Waals surface area contributed by atoms with Gasteiger partial charge in [-0.3, -0.25) is 4.79 Å². The van der Waals surface area contributed by atoms with E-state index < -0.39 is 22.0 Å². The van der Waals surface area contributed by atoms with Crippen LogP contribution < -0.4 is 29.0 Å². The van der Waals surface area contributed by atoms with Gasteiger partial charge in [0.15, 0.2) is 23.0 Å². The van der Waals surface area contributed by atoms with Gasteiger partial charge in [0, 0.05) is 17.8 Å². The average Bonchev–Trinajstić information content (AvgIpc) is 2.72. The lowest BCUT2D eigenvalue weighted by Crippen LogP contribution is -2.41. The van der Waals surface area contributed by atoms with Crippen LogP contribution in [0.25, 0.3) is 0 Å². The van der Waals surface area contributed by atoms with Crippen LogP contribution in [0.2, 0.25) is 0 Å². The van der Waals surface area contributed by atoms with Gasteiger partial charge >= 0.3 is 0 Å². The van der Waals surface area contributed by atoms with Crippen LogP contribution in [0.15, 0.2) is 41.3 Å². The van der Waals surface area contributed by atoms with Crippen LogP contribution in [0, 0.1) is 0 Å². The minimum Gasteiger partial charge on any atom is -0.493 e. The Morgan fingerprint density at radius 3 is 2.38 bits per heavy atom. The quantitative estimate of drug-likeness (QED) is 0.699. The highest BCUT2D eigenvalue weighted by Gasteiger charge is 2.24. The predicted octanol–water partition coefficient (Wildman–Crippen LogP) is 1.78. The summed E-state index contributed by atoms with van der Waals surface area (Å²) in [5.74, 6) is 1.26. The summed E-state index contributed by atoms with van der Waals surface area (Å²) < 4.78 is 48.8. The van der Waals surface area contributed by atoms with Crippen molar-refractivity contribution in [1.82, 2.24) is 4.72 Å².